The van der Waals surface area contributed by atoms with Gasteiger partial charge < -0.3 is 4.74 Å². The van der Waals surface area contributed by atoms with Gasteiger partial charge >= 0.3 is 0 Å². The van der Waals surface area contributed by atoms with Crippen LogP contribution in [0.15, 0.2) is 40.5 Å². The number of carbonyl (C=O) groups excluding carboxylic acids is 1. The number of methoxy groups -OCH3 is 1. The van der Waals surface area contributed by atoms with E-state index in [0.717, 1.165) is 41.1 Å². The number of nitrogens with zero attached hydrogens (tertiary/aromatic N) is 4. The zero-order valence-electron chi connectivity index (χ0n) is 14.1. The molecular formula is C18H20N4O2S. The van der Waals surface area contributed by atoms with E-state index in [4.69, 9.17) is 4.74 Å². The number of anilines is 2. The standard InChI is InChI=1S/C18H20N4O2S/c1-24-12-22-15-10-13(11-21-8-4-14(23)5-9-21)2-3-16(15)25-18-17(22)19-6-7-20-18/h2-3,6-7,10H,4-5,8-9,11-12H2,1H3. The summed E-state index contributed by atoms with van der Waals surface area (Å²) in [6, 6.07) is 6.51. The number of fused-ring (bicyclic) bond motifs is 2. The number of piperidine rings is 1. The van der Waals surface area contributed by atoms with Crippen molar-refractivity contribution in [3.8, 4) is 0 Å². The van der Waals surface area contributed by atoms with Crippen LogP contribution in [0.25, 0.3) is 0 Å². The van der Waals surface area contributed by atoms with Crippen molar-refractivity contribution in [1.82, 2.24) is 14.9 Å². The molecule has 1 aromatic carbocycles. The molecule has 1 fully saturated rings. The van der Waals surface area contributed by atoms with E-state index < -0.39 is 0 Å². The summed E-state index contributed by atoms with van der Waals surface area (Å²) in [7, 11) is 1.69. The van der Waals surface area contributed by atoms with Crippen LogP contribution < -0.4 is 4.90 Å². The molecule has 0 unspecified atom stereocenters. The molecule has 2 aliphatic heterocycles. The molecule has 6 nitrogen and oxygen atoms in total. The van der Waals surface area contributed by atoms with E-state index in [1.165, 1.54) is 5.56 Å². The Balaban J connectivity index is 1.61. The van der Waals surface area contributed by atoms with Crippen LogP contribution in [0.4, 0.5) is 11.5 Å². The van der Waals surface area contributed by atoms with Crippen LogP contribution >= 0.6 is 11.8 Å². The fourth-order valence-electron chi connectivity index (χ4n) is 3.23. The maximum absolute atomic E-state index is 11.4. The first kappa shape index (κ1) is 16.5. The lowest BCUT2D eigenvalue weighted by Gasteiger charge is -2.31. The quantitative estimate of drug-likeness (QED) is 0.835. The zero-order chi connectivity index (χ0) is 17.2. The summed E-state index contributed by atoms with van der Waals surface area (Å²) < 4.78 is 5.40. The van der Waals surface area contributed by atoms with Gasteiger partial charge in [0.15, 0.2) is 5.82 Å². The highest BCUT2D eigenvalue weighted by molar-refractivity contribution is 7.99. The van der Waals surface area contributed by atoms with Gasteiger partial charge in [0, 0.05) is 56.9 Å². The van der Waals surface area contributed by atoms with Gasteiger partial charge in [-0.15, -0.1) is 0 Å². The first-order valence-corrected chi connectivity index (χ1v) is 9.18. The van der Waals surface area contributed by atoms with Crippen molar-refractivity contribution in [2.24, 2.45) is 0 Å². The molecule has 130 valence electrons. The van der Waals surface area contributed by atoms with E-state index in [0.29, 0.717) is 25.4 Å². The average molecular weight is 356 g/mol. The lowest BCUT2D eigenvalue weighted by Crippen LogP contribution is -2.33. The van der Waals surface area contributed by atoms with Crippen molar-refractivity contribution in [2.75, 3.05) is 31.8 Å². The van der Waals surface area contributed by atoms with Crippen LogP contribution in [-0.2, 0) is 16.1 Å². The summed E-state index contributed by atoms with van der Waals surface area (Å²) in [5.74, 6) is 1.21. The SMILES string of the molecule is COCN1c2cc(CN3CCC(=O)CC3)ccc2Sc2nccnc21. The topological polar surface area (TPSA) is 58.6 Å². The highest BCUT2D eigenvalue weighted by Gasteiger charge is 2.26. The predicted molar refractivity (Wildman–Crippen MR) is 96.1 cm³/mol. The van der Waals surface area contributed by atoms with Crippen LogP contribution in [0.5, 0.6) is 0 Å². The Kier molecular flexibility index (Phi) is 4.70. The van der Waals surface area contributed by atoms with Gasteiger partial charge in [-0.3, -0.25) is 14.6 Å². The number of Topliss-reactive ketones (excluding diaryl/α,β-unsaturated/α-hetero) is 1. The Morgan fingerprint density at radius 1 is 1.20 bits per heavy atom. The van der Waals surface area contributed by atoms with Gasteiger partial charge in [-0.1, -0.05) is 17.8 Å². The van der Waals surface area contributed by atoms with E-state index >= 15 is 0 Å². The second-order valence-corrected chi connectivity index (χ2v) is 7.28. The Morgan fingerprint density at radius 2 is 2.00 bits per heavy atom. The van der Waals surface area contributed by atoms with E-state index in [9.17, 15) is 4.79 Å². The molecule has 0 radical (unpaired) electrons. The van der Waals surface area contributed by atoms with Gasteiger partial charge in [0.2, 0.25) is 0 Å². The Hall–Kier alpha value is -1.96. The van der Waals surface area contributed by atoms with Gasteiger partial charge in [0.05, 0.1) is 5.69 Å². The molecule has 1 aromatic heterocycles. The van der Waals surface area contributed by atoms with E-state index in [2.05, 4.69) is 38.0 Å². The Bertz CT molecular complexity index is 788. The minimum Gasteiger partial charge on any atom is -0.364 e. The number of hydrogen-bond acceptors (Lipinski definition) is 7. The van der Waals surface area contributed by atoms with Crippen LogP contribution in [0.1, 0.15) is 18.4 Å². The number of aromatic nitrogens is 2. The molecule has 7 heteroatoms. The molecule has 1 saturated heterocycles. The minimum absolute atomic E-state index is 0.375. The van der Waals surface area contributed by atoms with Gasteiger partial charge in [-0.25, -0.2) is 9.97 Å². The van der Waals surface area contributed by atoms with E-state index in [-0.39, 0.29) is 0 Å². The third-order valence-corrected chi connectivity index (χ3v) is 5.55. The first-order chi connectivity index (χ1) is 12.2. The molecule has 0 spiro atoms. The summed E-state index contributed by atoms with van der Waals surface area (Å²) in [5, 5.41) is 0.898. The van der Waals surface area contributed by atoms with Gasteiger partial charge in [0.25, 0.3) is 0 Å². The second kappa shape index (κ2) is 7.11. The highest BCUT2D eigenvalue weighted by Crippen LogP contribution is 2.46. The van der Waals surface area contributed by atoms with Crippen molar-refractivity contribution in [2.45, 2.75) is 29.3 Å². The van der Waals surface area contributed by atoms with Gasteiger partial charge in [-0.05, 0) is 17.7 Å². The third-order valence-electron chi connectivity index (χ3n) is 4.50. The Morgan fingerprint density at radius 3 is 2.80 bits per heavy atom. The molecule has 0 aliphatic carbocycles. The Labute approximate surface area is 151 Å². The summed E-state index contributed by atoms with van der Waals surface area (Å²) in [5.41, 5.74) is 2.34. The van der Waals surface area contributed by atoms with E-state index in [1.807, 2.05) is 0 Å². The average Bonchev–Trinajstić information content (AvgIpc) is 2.64. The highest BCUT2D eigenvalue weighted by atomic mass is 32.2. The zero-order valence-corrected chi connectivity index (χ0v) is 15.0. The first-order valence-electron chi connectivity index (χ1n) is 8.37. The van der Waals surface area contributed by atoms with Crippen molar-refractivity contribution in [3.05, 3.63) is 36.2 Å². The van der Waals surface area contributed by atoms with Gasteiger partial charge in [-0.2, -0.15) is 0 Å². The second-order valence-electron chi connectivity index (χ2n) is 6.25. The third kappa shape index (κ3) is 3.40. The lowest BCUT2D eigenvalue weighted by atomic mass is 10.1. The molecule has 4 rings (SSSR count). The molecule has 0 atom stereocenters. The van der Waals surface area contributed by atoms with Crippen LogP contribution in [0.2, 0.25) is 0 Å². The number of ether oxygens (including phenoxy) is 1. The number of hydrogen-bond donors (Lipinski definition) is 0. The number of benzene rings is 1. The maximum Gasteiger partial charge on any atom is 0.168 e. The molecule has 0 N–H and O–H groups in total. The van der Waals surface area contributed by atoms with Gasteiger partial charge in [0.1, 0.15) is 17.5 Å². The van der Waals surface area contributed by atoms with Crippen molar-refractivity contribution >= 4 is 29.1 Å². The van der Waals surface area contributed by atoms with Crippen LogP contribution in [0, 0.1) is 0 Å². The molecule has 2 aliphatic rings. The van der Waals surface area contributed by atoms with Crippen molar-refractivity contribution in [1.29, 1.82) is 0 Å². The van der Waals surface area contributed by atoms with Crippen LogP contribution in [0.3, 0.4) is 0 Å². The summed E-state index contributed by atoms with van der Waals surface area (Å²) in [4.78, 5) is 25.9. The largest absolute Gasteiger partial charge is 0.364 e. The number of rotatable bonds is 4. The molecular weight excluding hydrogens is 336 g/mol. The lowest BCUT2D eigenvalue weighted by molar-refractivity contribution is -0.121. The number of ketones is 1. The molecule has 0 saturated carbocycles. The molecule has 0 bridgehead atoms. The molecule has 25 heavy (non-hydrogen) atoms. The monoisotopic (exact) mass is 356 g/mol. The molecule has 3 heterocycles. The van der Waals surface area contributed by atoms with E-state index in [1.54, 1.807) is 31.3 Å². The summed E-state index contributed by atoms with van der Waals surface area (Å²) >= 11 is 1.64. The fourth-order valence-corrected chi connectivity index (χ4v) is 4.22. The maximum atomic E-state index is 11.4. The molecule has 2 aromatic rings. The summed E-state index contributed by atoms with van der Waals surface area (Å²) in [6.07, 6.45) is 4.76. The van der Waals surface area contributed by atoms with Crippen molar-refractivity contribution in [3.63, 3.8) is 0 Å². The van der Waals surface area contributed by atoms with Crippen LogP contribution in [-0.4, -0.2) is 47.6 Å². The van der Waals surface area contributed by atoms with Crippen molar-refractivity contribution < 1.29 is 9.53 Å². The smallest absolute Gasteiger partial charge is 0.168 e. The minimum atomic E-state index is 0.375. The predicted octanol–water partition coefficient (Wildman–Crippen LogP) is 2.85. The normalized spacial score (nSPS) is 17.3. The number of carbonyl (C=O) groups is 1. The summed E-state index contributed by atoms with van der Waals surface area (Å²) in [6.45, 7) is 2.99. The number of likely N-dealkylation sites (tertiary alicyclic amines) is 1. The molecule has 0 amide bonds. The fraction of sp³-hybridized carbons (Fsp3) is 0.389.